The first-order valence-electron chi connectivity index (χ1n) is 6.00. The van der Waals surface area contributed by atoms with Gasteiger partial charge >= 0.3 is 0 Å². The van der Waals surface area contributed by atoms with Crippen LogP contribution < -0.4 is 5.32 Å². The third-order valence-corrected chi connectivity index (χ3v) is 2.16. The summed E-state index contributed by atoms with van der Waals surface area (Å²) in [6.45, 7) is 12.5. The molecular formula is C12H28N2O. The second-order valence-corrected chi connectivity index (χ2v) is 5.22. The molecule has 0 radical (unpaired) electrons. The van der Waals surface area contributed by atoms with Crippen LogP contribution >= 0.6 is 0 Å². The van der Waals surface area contributed by atoms with E-state index >= 15 is 0 Å². The van der Waals surface area contributed by atoms with Gasteiger partial charge in [0.1, 0.15) is 0 Å². The molecule has 3 heteroatoms. The Balaban J connectivity index is 3.99. The fourth-order valence-electron chi connectivity index (χ4n) is 1.85. The Labute approximate surface area is 94.9 Å². The fraction of sp³-hybridized carbons (Fsp3) is 1.00. The van der Waals surface area contributed by atoms with Crippen molar-refractivity contribution >= 4 is 0 Å². The normalized spacial score (nSPS) is 14.2. The summed E-state index contributed by atoms with van der Waals surface area (Å²) in [5.41, 5.74) is 0. The molecule has 0 spiro atoms. The molecular weight excluding hydrogens is 188 g/mol. The first-order valence-corrected chi connectivity index (χ1v) is 6.00. The topological polar surface area (TPSA) is 35.5 Å². The maximum absolute atomic E-state index is 9.74. The highest BCUT2D eigenvalue weighted by Gasteiger charge is 2.13. The average molecular weight is 216 g/mol. The zero-order chi connectivity index (χ0) is 11.8. The minimum atomic E-state index is -0.257. The van der Waals surface area contributed by atoms with E-state index in [0.29, 0.717) is 18.4 Å². The highest BCUT2D eigenvalue weighted by molar-refractivity contribution is 4.68. The van der Waals surface area contributed by atoms with Crippen molar-refractivity contribution in [3.63, 3.8) is 0 Å². The van der Waals surface area contributed by atoms with Gasteiger partial charge in [-0.05, 0) is 18.9 Å². The molecule has 0 aromatic carbocycles. The highest BCUT2D eigenvalue weighted by atomic mass is 16.3. The van der Waals surface area contributed by atoms with Gasteiger partial charge in [0, 0.05) is 26.2 Å². The van der Waals surface area contributed by atoms with Gasteiger partial charge in [0.05, 0.1) is 6.10 Å². The molecule has 0 aromatic heterocycles. The van der Waals surface area contributed by atoms with Crippen LogP contribution in [0.3, 0.4) is 0 Å². The maximum Gasteiger partial charge on any atom is 0.0791 e. The van der Waals surface area contributed by atoms with Gasteiger partial charge in [0.25, 0.3) is 0 Å². The van der Waals surface area contributed by atoms with Crippen molar-refractivity contribution in [3.05, 3.63) is 0 Å². The van der Waals surface area contributed by atoms with Crippen LogP contribution in [-0.4, -0.2) is 49.3 Å². The molecule has 0 aliphatic heterocycles. The Hall–Kier alpha value is -0.120. The first kappa shape index (κ1) is 14.9. The average Bonchev–Trinajstić information content (AvgIpc) is 2.00. The van der Waals surface area contributed by atoms with Crippen LogP contribution in [-0.2, 0) is 0 Å². The summed E-state index contributed by atoms with van der Waals surface area (Å²) in [6, 6.07) is 0. The molecule has 1 atom stereocenters. The second-order valence-electron chi connectivity index (χ2n) is 5.22. The number of aliphatic hydroxyl groups is 1. The third kappa shape index (κ3) is 8.85. The summed E-state index contributed by atoms with van der Waals surface area (Å²) in [6.07, 6.45) is -0.257. The molecule has 3 nitrogen and oxygen atoms in total. The molecule has 0 aliphatic carbocycles. The highest BCUT2D eigenvalue weighted by Crippen LogP contribution is 2.04. The molecule has 0 rings (SSSR count). The van der Waals surface area contributed by atoms with Crippen molar-refractivity contribution in [2.24, 2.45) is 11.8 Å². The maximum atomic E-state index is 9.74. The minimum absolute atomic E-state index is 0.257. The lowest BCUT2D eigenvalue weighted by molar-refractivity contribution is 0.0991. The standard InChI is InChI=1S/C12H28N2O/c1-10(2)7-14(8-11(3)4)9-12(15)6-13-5/h10-13,15H,6-9H2,1-5H3. The van der Waals surface area contributed by atoms with E-state index in [0.717, 1.165) is 19.6 Å². The predicted octanol–water partition coefficient (Wildman–Crippen LogP) is 1.18. The molecule has 0 aromatic rings. The lowest BCUT2D eigenvalue weighted by atomic mass is 10.1. The van der Waals surface area contributed by atoms with E-state index < -0.39 is 0 Å². The van der Waals surface area contributed by atoms with Gasteiger partial charge < -0.3 is 15.3 Å². The Morgan fingerprint density at radius 2 is 1.47 bits per heavy atom. The number of aliphatic hydroxyl groups excluding tert-OH is 1. The lowest BCUT2D eigenvalue weighted by Gasteiger charge is -2.28. The van der Waals surface area contributed by atoms with Gasteiger partial charge in [-0.25, -0.2) is 0 Å². The van der Waals surface area contributed by atoms with E-state index in [2.05, 4.69) is 37.9 Å². The van der Waals surface area contributed by atoms with Gasteiger partial charge in [-0.2, -0.15) is 0 Å². The van der Waals surface area contributed by atoms with Crippen molar-refractivity contribution < 1.29 is 5.11 Å². The van der Waals surface area contributed by atoms with Crippen LogP contribution in [0.4, 0.5) is 0 Å². The second kappa shape index (κ2) is 8.08. The zero-order valence-corrected chi connectivity index (χ0v) is 11.0. The molecule has 2 N–H and O–H groups in total. The van der Waals surface area contributed by atoms with Crippen LogP contribution in [0.25, 0.3) is 0 Å². The van der Waals surface area contributed by atoms with Crippen LogP contribution in [0.1, 0.15) is 27.7 Å². The fourth-order valence-corrected chi connectivity index (χ4v) is 1.85. The summed E-state index contributed by atoms with van der Waals surface area (Å²) < 4.78 is 0. The van der Waals surface area contributed by atoms with Gasteiger partial charge in [0.15, 0.2) is 0 Å². The van der Waals surface area contributed by atoms with Crippen molar-refractivity contribution in [1.29, 1.82) is 0 Å². The number of likely N-dealkylation sites (N-methyl/N-ethyl adjacent to an activating group) is 1. The van der Waals surface area contributed by atoms with Gasteiger partial charge in [-0.3, -0.25) is 0 Å². The summed E-state index contributed by atoms with van der Waals surface area (Å²) >= 11 is 0. The van der Waals surface area contributed by atoms with Gasteiger partial charge in [-0.15, -0.1) is 0 Å². The molecule has 1 unspecified atom stereocenters. The van der Waals surface area contributed by atoms with Gasteiger partial charge in [-0.1, -0.05) is 27.7 Å². The van der Waals surface area contributed by atoms with E-state index in [4.69, 9.17) is 0 Å². The summed E-state index contributed by atoms with van der Waals surface area (Å²) in [4.78, 5) is 2.36. The summed E-state index contributed by atoms with van der Waals surface area (Å²) in [5.74, 6) is 1.32. The van der Waals surface area contributed by atoms with Crippen LogP contribution in [0, 0.1) is 11.8 Å². The summed E-state index contributed by atoms with van der Waals surface area (Å²) in [7, 11) is 1.87. The Morgan fingerprint density at radius 3 is 1.80 bits per heavy atom. The van der Waals surface area contributed by atoms with Crippen molar-refractivity contribution in [1.82, 2.24) is 10.2 Å². The van der Waals surface area contributed by atoms with E-state index in [1.165, 1.54) is 0 Å². The number of hydrogen-bond acceptors (Lipinski definition) is 3. The van der Waals surface area contributed by atoms with Crippen LogP contribution in [0.5, 0.6) is 0 Å². The molecule has 0 aliphatic rings. The largest absolute Gasteiger partial charge is 0.390 e. The molecule has 0 fully saturated rings. The smallest absolute Gasteiger partial charge is 0.0791 e. The molecule has 92 valence electrons. The summed E-state index contributed by atoms with van der Waals surface area (Å²) in [5, 5.41) is 12.7. The van der Waals surface area contributed by atoms with Crippen molar-refractivity contribution in [3.8, 4) is 0 Å². The van der Waals surface area contributed by atoms with Crippen LogP contribution in [0.2, 0.25) is 0 Å². The Bertz CT molecular complexity index is 139. The lowest BCUT2D eigenvalue weighted by Crippen LogP contribution is -2.40. The SMILES string of the molecule is CNCC(O)CN(CC(C)C)CC(C)C. The van der Waals surface area contributed by atoms with E-state index in [1.54, 1.807) is 0 Å². The minimum Gasteiger partial charge on any atom is -0.390 e. The number of rotatable bonds is 8. The Kier molecular flexibility index (Phi) is 8.02. The molecule has 15 heavy (non-hydrogen) atoms. The monoisotopic (exact) mass is 216 g/mol. The number of hydrogen-bond donors (Lipinski definition) is 2. The molecule has 0 amide bonds. The molecule has 0 saturated heterocycles. The van der Waals surface area contributed by atoms with Crippen molar-refractivity contribution in [2.45, 2.75) is 33.8 Å². The molecule has 0 bridgehead atoms. The van der Waals surface area contributed by atoms with Crippen LogP contribution in [0.15, 0.2) is 0 Å². The predicted molar refractivity (Wildman–Crippen MR) is 66.0 cm³/mol. The quantitative estimate of drug-likeness (QED) is 0.639. The van der Waals surface area contributed by atoms with Gasteiger partial charge in [0.2, 0.25) is 0 Å². The van der Waals surface area contributed by atoms with E-state index in [-0.39, 0.29) is 6.10 Å². The molecule has 0 heterocycles. The zero-order valence-electron chi connectivity index (χ0n) is 11.0. The van der Waals surface area contributed by atoms with E-state index in [9.17, 15) is 5.11 Å². The van der Waals surface area contributed by atoms with E-state index in [1.807, 2.05) is 7.05 Å². The molecule has 0 saturated carbocycles. The first-order chi connectivity index (χ1) is 6.95. The number of nitrogens with zero attached hydrogens (tertiary/aromatic N) is 1. The number of nitrogens with one attached hydrogen (secondary N) is 1. The Morgan fingerprint density at radius 1 is 1.00 bits per heavy atom. The third-order valence-electron chi connectivity index (χ3n) is 2.16. The van der Waals surface area contributed by atoms with Crippen molar-refractivity contribution in [2.75, 3.05) is 33.2 Å².